The molecule has 0 aromatic carbocycles. The lowest BCUT2D eigenvalue weighted by Crippen LogP contribution is -2.08. The summed E-state index contributed by atoms with van der Waals surface area (Å²) in [5.41, 5.74) is 0.631. The van der Waals surface area contributed by atoms with Gasteiger partial charge in [0, 0.05) is 18.9 Å². The van der Waals surface area contributed by atoms with Crippen molar-refractivity contribution in [2.24, 2.45) is 0 Å². The van der Waals surface area contributed by atoms with Crippen molar-refractivity contribution in [2.45, 2.75) is 19.9 Å². The van der Waals surface area contributed by atoms with Gasteiger partial charge in [-0.05, 0) is 22.4 Å². The van der Waals surface area contributed by atoms with E-state index in [-0.39, 0.29) is 5.56 Å². The predicted octanol–water partition coefficient (Wildman–Crippen LogP) is 1.81. The maximum absolute atomic E-state index is 11.4. The molecular weight excluding hydrogens is 272 g/mol. The van der Waals surface area contributed by atoms with Crippen LogP contribution in [0.1, 0.15) is 13.3 Å². The van der Waals surface area contributed by atoms with Gasteiger partial charge in [0.25, 0.3) is 5.56 Å². The molecule has 0 aliphatic carbocycles. The number of nitrogens with zero attached hydrogens (tertiary/aromatic N) is 3. The molecule has 0 unspecified atom stereocenters. The minimum Gasteiger partial charge on any atom is -0.305 e. The number of halogens is 1. The number of aromatic nitrogens is 4. The van der Waals surface area contributed by atoms with Crippen LogP contribution in [0.4, 0.5) is 0 Å². The van der Waals surface area contributed by atoms with Gasteiger partial charge in [-0.2, -0.15) is 5.10 Å². The molecule has 0 aliphatic heterocycles. The fourth-order valence-electron chi connectivity index (χ4n) is 1.36. The molecule has 84 valence electrons. The molecule has 0 saturated heterocycles. The molecule has 0 atom stereocenters. The molecule has 5 nitrogen and oxygen atoms in total. The number of rotatable bonds is 3. The Morgan fingerprint density at radius 1 is 1.50 bits per heavy atom. The molecular formula is C10H11BrN4O. The molecule has 2 aromatic heterocycles. The zero-order valence-corrected chi connectivity index (χ0v) is 10.4. The Hall–Kier alpha value is -1.43. The minimum absolute atomic E-state index is 0.187. The molecule has 0 radical (unpaired) electrons. The smallest absolute Gasteiger partial charge is 0.265 e. The van der Waals surface area contributed by atoms with E-state index in [2.05, 4.69) is 37.9 Å². The Morgan fingerprint density at radius 2 is 2.31 bits per heavy atom. The monoisotopic (exact) mass is 282 g/mol. The van der Waals surface area contributed by atoms with E-state index in [0.717, 1.165) is 18.5 Å². The first kappa shape index (κ1) is 11.1. The van der Waals surface area contributed by atoms with Gasteiger partial charge in [-0.1, -0.05) is 6.92 Å². The molecule has 0 spiro atoms. The Bertz CT molecular complexity index is 546. The Labute approximate surface area is 101 Å². The van der Waals surface area contributed by atoms with E-state index in [1.54, 1.807) is 6.20 Å². The normalized spacial score (nSPS) is 10.6. The maximum Gasteiger partial charge on any atom is 0.265 e. The van der Waals surface area contributed by atoms with Gasteiger partial charge in [-0.25, -0.2) is 4.98 Å². The number of hydrogen-bond acceptors (Lipinski definition) is 3. The van der Waals surface area contributed by atoms with Crippen LogP contribution in [-0.4, -0.2) is 19.7 Å². The number of H-pyrrole nitrogens is 1. The van der Waals surface area contributed by atoms with Crippen molar-refractivity contribution in [3.8, 4) is 11.4 Å². The van der Waals surface area contributed by atoms with Crippen molar-refractivity contribution in [3.05, 3.63) is 33.4 Å². The number of nitrogens with one attached hydrogen (secondary N) is 1. The SMILES string of the molecule is CCCn1cc(-c2ncc(Br)c(=O)[nH]2)cn1. The highest BCUT2D eigenvalue weighted by molar-refractivity contribution is 9.10. The fraction of sp³-hybridized carbons (Fsp3) is 0.300. The predicted molar refractivity (Wildman–Crippen MR) is 64.1 cm³/mol. The van der Waals surface area contributed by atoms with Crippen LogP contribution in [0.3, 0.4) is 0 Å². The summed E-state index contributed by atoms with van der Waals surface area (Å²) < 4.78 is 2.26. The van der Waals surface area contributed by atoms with Gasteiger partial charge in [0.05, 0.1) is 11.8 Å². The van der Waals surface area contributed by atoms with Crippen molar-refractivity contribution in [2.75, 3.05) is 0 Å². The topological polar surface area (TPSA) is 63.6 Å². The van der Waals surface area contributed by atoms with Crippen LogP contribution in [0.5, 0.6) is 0 Å². The van der Waals surface area contributed by atoms with E-state index in [1.807, 2.05) is 10.9 Å². The van der Waals surface area contributed by atoms with E-state index in [9.17, 15) is 4.79 Å². The molecule has 0 fully saturated rings. The van der Waals surface area contributed by atoms with Crippen LogP contribution in [0, 0.1) is 0 Å². The molecule has 6 heteroatoms. The fourth-order valence-corrected chi connectivity index (χ4v) is 1.56. The first-order valence-corrected chi connectivity index (χ1v) is 5.77. The third-order valence-corrected chi connectivity index (χ3v) is 2.68. The summed E-state index contributed by atoms with van der Waals surface area (Å²) in [4.78, 5) is 18.2. The molecule has 0 bridgehead atoms. The minimum atomic E-state index is -0.187. The Kier molecular flexibility index (Phi) is 3.19. The summed E-state index contributed by atoms with van der Waals surface area (Å²) in [6.07, 6.45) is 6.08. The molecule has 0 amide bonds. The lowest BCUT2D eigenvalue weighted by Gasteiger charge is -1.97. The number of hydrogen-bond donors (Lipinski definition) is 1. The molecule has 1 N–H and O–H groups in total. The summed E-state index contributed by atoms with van der Waals surface area (Å²) in [6, 6.07) is 0. The number of aromatic amines is 1. The van der Waals surface area contributed by atoms with Gasteiger partial charge in [0.2, 0.25) is 0 Å². The van der Waals surface area contributed by atoms with E-state index in [0.29, 0.717) is 10.3 Å². The quantitative estimate of drug-likeness (QED) is 0.934. The second-order valence-electron chi connectivity index (χ2n) is 3.40. The molecule has 0 aliphatic rings. The van der Waals surface area contributed by atoms with Crippen LogP contribution >= 0.6 is 15.9 Å². The highest BCUT2D eigenvalue weighted by Gasteiger charge is 2.05. The van der Waals surface area contributed by atoms with Crippen molar-refractivity contribution >= 4 is 15.9 Å². The average Bonchev–Trinajstić information content (AvgIpc) is 2.71. The molecule has 2 aromatic rings. The lowest BCUT2D eigenvalue weighted by atomic mass is 10.3. The zero-order chi connectivity index (χ0) is 11.5. The van der Waals surface area contributed by atoms with Crippen molar-refractivity contribution < 1.29 is 0 Å². The molecule has 2 heterocycles. The lowest BCUT2D eigenvalue weighted by molar-refractivity contribution is 0.603. The first-order chi connectivity index (χ1) is 7.70. The summed E-state index contributed by atoms with van der Waals surface area (Å²) >= 11 is 3.10. The molecule has 2 rings (SSSR count). The van der Waals surface area contributed by atoms with Gasteiger partial charge in [0.15, 0.2) is 0 Å². The third-order valence-electron chi connectivity index (χ3n) is 2.12. The van der Waals surface area contributed by atoms with Gasteiger partial charge < -0.3 is 4.98 Å². The average molecular weight is 283 g/mol. The second kappa shape index (κ2) is 4.61. The van der Waals surface area contributed by atoms with Crippen LogP contribution in [0.25, 0.3) is 11.4 Å². The van der Waals surface area contributed by atoms with Crippen LogP contribution < -0.4 is 5.56 Å². The zero-order valence-electron chi connectivity index (χ0n) is 8.77. The molecule has 16 heavy (non-hydrogen) atoms. The van der Waals surface area contributed by atoms with Gasteiger partial charge in [-0.15, -0.1) is 0 Å². The maximum atomic E-state index is 11.4. The van der Waals surface area contributed by atoms with Gasteiger partial charge in [0.1, 0.15) is 10.3 Å². The summed E-state index contributed by atoms with van der Waals surface area (Å²) in [5.74, 6) is 0.538. The van der Waals surface area contributed by atoms with E-state index < -0.39 is 0 Å². The van der Waals surface area contributed by atoms with Crippen LogP contribution in [-0.2, 0) is 6.54 Å². The standard InChI is InChI=1S/C10H11BrN4O/c1-2-3-15-6-7(4-13-15)9-12-5-8(11)10(16)14-9/h4-6H,2-3H2,1H3,(H,12,14,16). The summed E-state index contributed by atoms with van der Waals surface area (Å²) in [5, 5.41) is 4.18. The van der Waals surface area contributed by atoms with E-state index >= 15 is 0 Å². The Morgan fingerprint density at radius 3 is 3.00 bits per heavy atom. The van der Waals surface area contributed by atoms with Crippen molar-refractivity contribution in [3.63, 3.8) is 0 Å². The van der Waals surface area contributed by atoms with Crippen LogP contribution in [0.2, 0.25) is 0 Å². The summed E-state index contributed by atoms with van der Waals surface area (Å²) in [7, 11) is 0. The molecule has 0 saturated carbocycles. The largest absolute Gasteiger partial charge is 0.305 e. The highest BCUT2D eigenvalue weighted by Crippen LogP contribution is 2.12. The van der Waals surface area contributed by atoms with E-state index in [4.69, 9.17) is 0 Å². The van der Waals surface area contributed by atoms with Gasteiger partial charge >= 0.3 is 0 Å². The van der Waals surface area contributed by atoms with Gasteiger partial charge in [-0.3, -0.25) is 9.48 Å². The van der Waals surface area contributed by atoms with Crippen molar-refractivity contribution in [1.29, 1.82) is 0 Å². The first-order valence-electron chi connectivity index (χ1n) is 4.98. The van der Waals surface area contributed by atoms with E-state index in [1.165, 1.54) is 6.20 Å². The summed E-state index contributed by atoms with van der Waals surface area (Å²) in [6.45, 7) is 2.95. The number of aryl methyl sites for hydroxylation is 1. The Balaban J connectivity index is 2.35. The van der Waals surface area contributed by atoms with Crippen LogP contribution in [0.15, 0.2) is 27.9 Å². The third kappa shape index (κ3) is 2.21. The highest BCUT2D eigenvalue weighted by atomic mass is 79.9. The van der Waals surface area contributed by atoms with Crippen molar-refractivity contribution in [1.82, 2.24) is 19.7 Å². The second-order valence-corrected chi connectivity index (χ2v) is 4.26.